The number of rotatable bonds is 15. The summed E-state index contributed by atoms with van der Waals surface area (Å²) in [7, 11) is 0. The molecular weight excluding hydrogens is 358 g/mol. The van der Waals surface area contributed by atoms with Crippen LogP contribution >= 0.6 is 0 Å². The van der Waals surface area contributed by atoms with Crippen molar-refractivity contribution in [1.82, 2.24) is 5.48 Å². The van der Waals surface area contributed by atoms with E-state index in [0.29, 0.717) is 0 Å². The van der Waals surface area contributed by atoms with Gasteiger partial charge in [-0.2, -0.15) is 0 Å². The zero-order valence-corrected chi connectivity index (χ0v) is 17.1. The molecule has 4 atom stereocenters. The second kappa shape index (κ2) is 12.2. The second-order valence-corrected chi connectivity index (χ2v) is 8.13. The molecule has 6 nitrogen and oxygen atoms in total. The first kappa shape index (κ1) is 22.9. The van der Waals surface area contributed by atoms with Gasteiger partial charge in [0.05, 0.1) is 25.2 Å². The van der Waals surface area contributed by atoms with Crippen molar-refractivity contribution in [3.63, 3.8) is 0 Å². The Morgan fingerprint density at radius 1 is 1.21 bits per heavy atom. The van der Waals surface area contributed by atoms with Crippen LogP contribution in [0.4, 0.5) is 0 Å². The topological polar surface area (TPSA) is 99.0 Å². The molecule has 6 heteroatoms. The van der Waals surface area contributed by atoms with E-state index >= 15 is 0 Å². The number of hydroxylamine groups is 1. The van der Waals surface area contributed by atoms with E-state index in [-0.39, 0.29) is 24.9 Å². The monoisotopic (exact) mass is 395 g/mol. The maximum absolute atomic E-state index is 10.5. The zero-order chi connectivity index (χ0) is 20.4. The lowest BCUT2D eigenvalue weighted by Gasteiger charge is -2.30. The van der Waals surface area contributed by atoms with E-state index in [1.54, 1.807) is 0 Å². The largest absolute Gasteiger partial charge is 0.481 e. The Morgan fingerprint density at radius 2 is 1.93 bits per heavy atom. The van der Waals surface area contributed by atoms with E-state index in [2.05, 4.69) is 12.4 Å². The molecule has 0 aromatic rings. The molecule has 0 aromatic heterocycles. The minimum atomic E-state index is -0.887. The SMILES string of the molecule is CCCCCCCCCC(O)C=CC1CC2=C(NOCCC(=O)O)C[C@H]2C1O. The predicted molar refractivity (Wildman–Crippen MR) is 108 cm³/mol. The van der Waals surface area contributed by atoms with E-state index < -0.39 is 18.2 Å². The maximum Gasteiger partial charge on any atom is 0.305 e. The summed E-state index contributed by atoms with van der Waals surface area (Å²) >= 11 is 0. The van der Waals surface area contributed by atoms with Crippen molar-refractivity contribution in [2.24, 2.45) is 11.8 Å². The number of hydrogen-bond acceptors (Lipinski definition) is 5. The summed E-state index contributed by atoms with van der Waals surface area (Å²) in [5, 5.41) is 29.2. The number of carbonyl (C=O) groups is 1. The van der Waals surface area contributed by atoms with E-state index in [1.165, 1.54) is 44.1 Å². The van der Waals surface area contributed by atoms with Crippen molar-refractivity contribution in [1.29, 1.82) is 0 Å². The minimum Gasteiger partial charge on any atom is -0.481 e. The van der Waals surface area contributed by atoms with Crippen molar-refractivity contribution in [3.8, 4) is 0 Å². The Labute approximate surface area is 168 Å². The van der Waals surface area contributed by atoms with Crippen LogP contribution in [0.2, 0.25) is 0 Å². The molecule has 1 saturated carbocycles. The molecular formula is C22H37NO5. The highest BCUT2D eigenvalue weighted by atomic mass is 16.6. The Kier molecular flexibility index (Phi) is 10.0. The molecule has 160 valence electrons. The molecule has 28 heavy (non-hydrogen) atoms. The van der Waals surface area contributed by atoms with Gasteiger partial charge in [0.1, 0.15) is 0 Å². The van der Waals surface area contributed by atoms with Crippen LogP contribution in [0.15, 0.2) is 23.4 Å². The summed E-state index contributed by atoms with van der Waals surface area (Å²) in [6.45, 7) is 2.34. The summed E-state index contributed by atoms with van der Waals surface area (Å²) in [6.07, 6.45) is 13.8. The highest BCUT2D eigenvalue weighted by molar-refractivity contribution is 5.66. The van der Waals surface area contributed by atoms with Gasteiger partial charge in [0, 0.05) is 17.5 Å². The molecule has 0 spiro atoms. The van der Waals surface area contributed by atoms with Crippen LogP contribution in [0.25, 0.3) is 0 Å². The van der Waals surface area contributed by atoms with E-state index in [1.807, 2.05) is 12.2 Å². The van der Waals surface area contributed by atoms with Gasteiger partial charge in [0.25, 0.3) is 0 Å². The molecule has 0 bridgehead atoms. The third-order valence-corrected chi connectivity index (χ3v) is 5.86. The first-order valence-corrected chi connectivity index (χ1v) is 10.9. The molecule has 0 aliphatic heterocycles. The quantitative estimate of drug-likeness (QED) is 0.192. The van der Waals surface area contributed by atoms with Crippen LogP contribution in [0.5, 0.6) is 0 Å². The van der Waals surface area contributed by atoms with Crippen molar-refractivity contribution in [2.75, 3.05) is 6.61 Å². The average Bonchev–Trinajstić information content (AvgIpc) is 2.89. The number of aliphatic hydroxyl groups is 2. The first-order chi connectivity index (χ1) is 13.5. The summed E-state index contributed by atoms with van der Waals surface area (Å²) in [4.78, 5) is 15.7. The summed E-state index contributed by atoms with van der Waals surface area (Å²) < 4.78 is 0. The van der Waals surface area contributed by atoms with Gasteiger partial charge in [0.15, 0.2) is 0 Å². The fraction of sp³-hybridized carbons (Fsp3) is 0.773. The Morgan fingerprint density at radius 3 is 2.64 bits per heavy atom. The second-order valence-electron chi connectivity index (χ2n) is 8.13. The number of carboxylic acid groups (broad SMARTS) is 1. The number of carboxylic acids is 1. The molecule has 0 saturated heterocycles. The summed E-state index contributed by atoms with van der Waals surface area (Å²) in [5.74, 6) is -0.704. The highest BCUT2D eigenvalue weighted by Gasteiger charge is 2.45. The highest BCUT2D eigenvalue weighted by Crippen LogP contribution is 2.48. The Balaban J connectivity index is 1.64. The van der Waals surface area contributed by atoms with E-state index in [9.17, 15) is 15.0 Å². The first-order valence-electron chi connectivity index (χ1n) is 10.9. The van der Waals surface area contributed by atoms with Crippen molar-refractivity contribution < 1.29 is 25.0 Å². The lowest BCUT2D eigenvalue weighted by atomic mass is 9.83. The van der Waals surface area contributed by atoms with Crippen LogP contribution in [0.1, 0.15) is 77.6 Å². The molecule has 0 heterocycles. The van der Waals surface area contributed by atoms with Gasteiger partial charge in [-0.3, -0.25) is 15.1 Å². The molecule has 2 rings (SSSR count). The lowest BCUT2D eigenvalue weighted by molar-refractivity contribution is -0.138. The van der Waals surface area contributed by atoms with Crippen LogP contribution in [0.3, 0.4) is 0 Å². The van der Waals surface area contributed by atoms with Crippen molar-refractivity contribution in [2.45, 2.75) is 89.8 Å². The normalized spacial score (nSPS) is 25.0. The Hall–Kier alpha value is -1.37. The maximum atomic E-state index is 10.5. The fourth-order valence-corrected chi connectivity index (χ4v) is 4.08. The lowest BCUT2D eigenvalue weighted by Crippen LogP contribution is -2.32. The molecule has 3 unspecified atom stereocenters. The van der Waals surface area contributed by atoms with Gasteiger partial charge in [-0.25, -0.2) is 0 Å². The number of unbranched alkanes of at least 4 members (excludes halogenated alkanes) is 6. The summed E-state index contributed by atoms with van der Waals surface area (Å²) in [5.41, 5.74) is 4.97. The van der Waals surface area contributed by atoms with Crippen molar-refractivity contribution in [3.05, 3.63) is 23.4 Å². The number of fused-ring (bicyclic) bond motifs is 1. The van der Waals surface area contributed by atoms with Gasteiger partial charge < -0.3 is 15.3 Å². The smallest absolute Gasteiger partial charge is 0.305 e. The van der Waals surface area contributed by atoms with Gasteiger partial charge in [0.2, 0.25) is 0 Å². The standard InChI is InChI=1S/C22H37NO5/c1-2-3-4-5-6-7-8-9-17(24)11-10-16-14-18-19(22(16)27)15-20(18)23-28-13-12-21(25)26/h10-11,16-17,19,22-24,27H,2-9,12-15H2,1H3,(H,25,26)/t16?,17?,19-,22?/m1/s1. The molecule has 0 amide bonds. The number of aliphatic carboxylic acids is 1. The van der Waals surface area contributed by atoms with Crippen LogP contribution in [0, 0.1) is 11.8 Å². The van der Waals surface area contributed by atoms with Crippen LogP contribution in [-0.4, -0.2) is 40.1 Å². The average molecular weight is 396 g/mol. The third-order valence-electron chi connectivity index (χ3n) is 5.86. The summed E-state index contributed by atoms with van der Waals surface area (Å²) in [6, 6.07) is 0. The van der Waals surface area contributed by atoms with Crippen LogP contribution < -0.4 is 5.48 Å². The predicted octanol–water partition coefficient (Wildman–Crippen LogP) is 3.69. The van der Waals surface area contributed by atoms with Crippen molar-refractivity contribution >= 4 is 5.97 Å². The number of hydrogen-bond donors (Lipinski definition) is 4. The van der Waals surface area contributed by atoms with Gasteiger partial charge in [-0.1, -0.05) is 64.0 Å². The van der Waals surface area contributed by atoms with Crippen LogP contribution in [-0.2, 0) is 9.63 Å². The minimum absolute atomic E-state index is 0.0296. The molecule has 0 aromatic carbocycles. The molecule has 0 radical (unpaired) electrons. The third kappa shape index (κ3) is 7.22. The molecule has 2 aliphatic carbocycles. The molecule has 4 N–H and O–H groups in total. The molecule has 2 aliphatic rings. The van der Waals surface area contributed by atoms with Gasteiger partial charge in [-0.15, -0.1) is 0 Å². The number of aliphatic hydroxyl groups excluding tert-OH is 2. The van der Waals surface area contributed by atoms with Gasteiger partial charge in [-0.05, 0) is 24.8 Å². The van der Waals surface area contributed by atoms with E-state index in [4.69, 9.17) is 9.94 Å². The zero-order valence-electron chi connectivity index (χ0n) is 17.1. The molecule has 1 fully saturated rings. The number of allylic oxidation sites excluding steroid dienone is 1. The number of nitrogens with one attached hydrogen (secondary N) is 1. The van der Waals surface area contributed by atoms with Gasteiger partial charge >= 0.3 is 5.97 Å². The van der Waals surface area contributed by atoms with E-state index in [0.717, 1.165) is 31.4 Å². The fourth-order valence-electron chi connectivity index (χ4n) is 4.08. The Bertz CT molecular complexity index is 545.